The van der Waals surface area contributed by atoms with Crippen LogP contribution in [0.3, 0.4) is 0 Å². The van der Waals surface area contributed by atoms with Crippen LogP contribution in [-0.4, -0.2) is 54.6 Å². The molecule has 0 N–H and O–H groups in total. The normalized spacial score (nSPS) is 11.6. The molecule has 4 aromatic carbocycles. The lowest BCUT2D eigenvalue weighted by Gasteiger charge is -2.19. The van der Waals surface area contributed by atoms with Crippen molar-refractivity contribution in [2.45, 2.75) is 41.0 Å². The summed E-state index contributed by atoms with van der Waals surface area (Å²) in [6.07, 6.45) is 0.121. The van der Waals surface area contributed by atoms with Crippen molar-refractivity contribution in [2.75, 3.05) is 18.1 Å². The summed E-state index contributed by atoms with van der Waals surface area (Å²) in [6.45, 7) is 10.2. The lowest BCUT2D eigenvalue weighted by Crippen LogP contribution is -2.22. The Morgan fingerprint density at radius 1 is 0.695 bits per heavy atom. The van der Waals surface area contributed by atoms with Crippen molar-refractivity contribution in [3.05, 3.63) is 125 Å². The first kappa shape index (κ1) is 39.3. The first-order valence-electron chi connectivity index (χ1n) is 18.7. The third kappa shape index (κ3) is 8.01. The van der Waals surface area contributed by atoms with Gasteiger partial charge < -0.3 is 14.2 Å². The van der Waals surface area contributed by atoms with Crippen molar-refractivity contribution in [2.24, 2.45) is 0 Å². The van der Waals surface area contributed by atoms with Gasteiger partial charge in [-0.05, 0) is 99.5 Å². The fourth-order valence-electron chi connectivity index (χ4n) is 6.56. The van der Waals surface area contributed by atoms with Gasteiger partial charge in [-0.1, -0.05) is 36.4 Å². The minimum absolute atomic E-state index is 0.0337. The zero-order valence-electron chi connectivity index (χ0n) is 32.9. The van der Waals surface area contributed by atoms with Gasteiger partial charge in [0.25, 0.3) is 0 Å². The number of nitriles is 2. The van der Waals surface area contributed by atoms with Crippen LogP contribution in [0.25, 0.3) is 39.6 Å². The molecule has 14 heteroatoms. The molecular weight excluding hydrogens is 747 g/mol. The summed E-state index contributed by atoms with van der Waals surface area (Å²) in [5, 5.41) is 19.3. The number of carbonyl (C=O) groups excluding carboxylic acids is 2. The minimum Gasteiger partial charge on any atom is -0.494 e. The molecule has 0 unspecified atom stereocenters. The lowest BCUT2D eigenvalue weighted by atomic mass is 10.1. The second-order valence-corrected chi connectivity index (χ2v) is 13.2. The van der Waals surface area contributed by atoms with E-state index < -0.39 is 5.97 Å². The largest absolute Gasteiger partial charge is 0.494 e. The Labute approximate surface area is 340 Å². The second kappa shape index (κ2) is 17.0. The SMILES string of the molecule is CCOc1ccc(-c2nc(C#N)c3c(n2)N(c2ccccc2C)C(=O)C3)cc1.CCOc1ccc(-c2nc(C#N)c3nc(OC(C)=O)n(-c4ccccc4C)c3n2)cc1. The van der Waals surface area contributed by atoms with Gasteiger partial charge >= 0.3 is 12.0 Å². The van der Waals surface area contributed by atoms with Crippen molar-refractivity contribution in [1.29, 1.82) is 10.5 Å². The molecule has 0 bridgehead atoms. The number of ether oxygens (including phenoxy) is 3. The summed E-state index contributed by atoms with van der Waals surface area (Å²) in [4.78, 5) is 48.5. The Morgan fingerprint density at radius 2 is 1.22 bits per heavy atom. The van der Waals surface area contributed by atoms with Gasteiger partial charge in [0.1, 0.15) is 40.7 Å². The Morgan fingerprint density at radius 3 is 1.75 bits per heavy atom. The Hall–Kier alpha value is -7.97. The van der Waals surface area contributed by atoms with E-state index in [0.717, 1.165) is 39.6 Å². The number of hydrogen-bond acceptors (Lipinski definition) is 12. The summed E-state index contributed by atoms with van der Waals surface area (Å²) in [6, 6.07) is 34.1. The zero-order valence-corrected chi connectivity index (χ0v) is 32.9. The molecule has 0 atom stereocenters. The van der Waals surface area contributed by atoms with E-state index in [1.165, 1.54) is 6.92 Å². The number of fused-ring (bicyclic) bond motifs is 2. The maximum Gasteiger partial charge on any atom is 0.311 e. The van der Waals surface area contributed by atoms with Crippen molar-refractivity contribution >= 4 is 34.5 Å². The molecule has 0 radical (unpaired) electrons. The highest BCUT2D eigenvalue weighted by molar-refractivity contribution is 6.07. The zero-order chi connectivity index (χ0) is 41.6. The fraction of sp³-hybridized carbons (Fsp3) is 0.178. The molecule has 4 heterocycles. The number of nitrogens with zero attached hydrogens (tertiary/aromatic N) is 9. The molecule has 1 aliphatic heterocycles. The van der Waals surface area contributed by atoms with Crippen LogP contribution in [0.1, 0.15) is 48.8 Å². The summed E-state index contributed by atoms with van der Waals surface area (Å²) in [5.74, 6) is 2.10. The first-order chi connectivity index (χ1) is 28.6. The predicted octanol–water partition coefficient (Wildman–Crippen LogP) is 7.93. The van der Waals surface area contributed by atoms with Gasteiger partial charge in [0.05, 0.1) is 31.0 Å². The summed E-state index contributed by atoms with van der Waals surface area (Å²) in [7, 11) is 0. The van der Waals surface area contributed by atoms with Gasteiger partial charge in [-0.15, -0.1) is 0 Å². The highest BCUT2D eigenvalue weighted by Gasteiger charge is 2.34. The van der Waals surface area contributed by atoms with E-state index >= 15 is 0 Å². The monoisotopic (exact) mass is 783 g/mol. The van der Waals surface area contributed by atoms with Crippen LogP contribution in [0.5, 0.6) is 17.5 Å². The molecule has 0 aliphatic carbocycles. The number of hydrogen-bond donors (Lipinski definition) is 0. The number of anilines is 2. The molecule has 0 saturated carbocycles. The average Bonchev–Trinajstić information content (AvgIpc) is 3.77. The Kier molecular flexibility index (Phi) is 11.3. The lowest BCUT2D eigenvalue weighted by molar-refractivity contribution is -0.132. The van der Waals surface area contributed by atoms with Crippen molar-refractivity contribution < 1.29 is 23.8 Å². The van der Waals surface area contributed by atoms with Crippen molar-refractivity contribution in [1.82, 2.24) is 29.5 Å². The molecular formula is C45H37N9O5. The first-order valence-corrected chi connectivity index (χ1v) is 18.7. The third-order valence-electron chi connectivity index (χ3n) is 9.26. The maximum absolute atomic E-state index is 12.7. The number of imidazole rings is 1. The van der Waals surface area contributed by atoms with Crippen LogP contribution in [0.2, 0.25) is 0 Å². The van der Waals surface area contributed by atoms with Gasteiger partial charge in [0.2, 0.25) is 5.91 Å². The van der Waals surface area contributed by atoms with E-state index in [1.54, 1.807) is 9.47 Å². The van der Waals surface area contributed by atoms with Gasteiger partial charge in [-0.3, -0.25) is 14.5 Å². The van der Waals surface area contributed by atoms with Gasteiger partial charge in [0.15, 0.2) is 23.0 Å². The fourth-order valence-corrected chi connectivity index (χ4v) is 6.56. The van der Waals surface area contributed by atoms with E-state index in [4.69, 9.17) is 14.2 Å². The van der Waals surface area contributed by atoms with Crippen LogP contribution in [0, 0.1) is 36.5 Å². The number of amides is 1. The average molecular weight is 784 g/mol. The molecule has 1 amide bonds. The van der Waals surface area contributed by atoms with Crippen LogP contribution in [-0.2, 0) is 16.0 Å². The van der Waals surface area contributed by atoms with Crippen LogP contribution in [0.4, 0.5) is 11.5 Å². The molecule has 0 fully saturated rings. The van der Waals surface area contributed by atoms with E-state index in [1.807, 2.05) is 125 Å². The third-order valence-corrected chi connectivity index (χ3v) is 9.26. The molecule has 59 heavy (non-hydrogen) atoms. The molecule has 0 spiro atoms. The number of carbonyl (C=O) groups is 2. The molecule has 14 nitrogen and oxygen atoms in total. The van der Waals surface area contributed by atoms with Crippen LogP contribution in [0.15, 0.2) is 97.1 Å². The van der Waals surface area contributed by atoms with Gasteiger partial charge in [-0.25, -0.2) is 24.5 Å². The number of rotatable bonds is 9. The number of aryl methyl sites for hydroxylation is 2. The topological polar surface area (TPSA) is 182 Å². The standard InChI is InChI=1S/C23H19N5O3.C22H18N4O2/c1-4-30-17-11-9-16(10-12-17)21-25-18(13-24)20-22(27-21)28(23(26-20)31-15(3)29)19-8-6-5-7-14(19)2;1-3-28-16-10-8-15(9-11-16)21-24-18(13-23)17-12-20(27)26(22(17)25-21)19-7-5-4-6-14(19)2/h5-12H,4H2,1-3H3;4-11H,3,12H2,1-2H3. The smallest absolute Gasteiger partial charge is 0.311 e. The minimum atomic E-state index is -0.525. The van der Waals surface area contributed by atoms with Gasteiger partial charge in [-0.2, -0.15) is 15.5 Å². The molecule has 0 saturated heterocycles. The maximum atomic E-state index is 12.7. The second-order valence-electron chi connectivity index (χ2n) is 13.2. The number of esters is 1. The Balaban J connectivity index is 0.000000180. The van der Waals surface area contributed by atoms with E-state index in [9.17, 15) is 20.1 Å². The molecule has 1 aliphatic rings. The van der Waals surface area contributed by atoms with E-state index in [2.05, 4.69) is 37.1 Å². The molecule has 7 aromatic rings. The molecule has 292 valence electrons. The Bertz CT molecular complexity index is 2800. The highest BCUT2D eigenvalue weighted by Crippen LogP contribution is 2.38. The number of para-hydroxylation sites is 2. The quantitative estimate of drug-likeness (QED) is 0.129. The van der Waals surface area contributed by atoms with Crippen LogP contribution >= 0.6 is 0 Å². The van der Waals surface area contributed by atoms with E-state index in [0.29, 0.717) is 47.5 Å². The number of benzene rings is 4. The molecule has 8 rings (SSSR count). The van der Waals surface area contributed by atoms with Crippen molar-refractivity contribution in [3.8, 4) is 58.1 Å². The summed E-state index contributed by atoms with van der Waals surface area (Å²) >= 11 is 0. The van der Waals surface area contributed by atoms with E-state index in [-0.39, 0.29) is 35.2 Å². The van der Waals surface area contributed by atoms with Gasteiger partial charge in [0, 0.05) is 23.6 Å². The summed E-state index contributed by atoms with van der Waals surface area (Å²) in [5.41, 5.74) is 6.41. The summed E-state index contributed by atoms with van der Waals surface area (Å²) < 4.78 is 17.9. The highest BCUT2D eigenvalue weighted by atomic mass is 16.5. The molecule has 3 aromatic heterocycles. The van der Waals surface area contributed by atoms with Crippen LogP contribution < -0.4 is 19.1 Å². The van der Waals surface area contributed by atoms with Crippen molar-refractivity contribution in [3.63, 3.8) is 0 Å². The number of aromatic nitrogens is 6. The predicted molar refractivity (Wildman–Crippen MR) is 219 cm³/mol.